The second-order valence-corrected chi connectivity index (χ2v) is 8.86. The van der Waals surface area contributed by atoms with Crippen molar-refractivity contribution in [2.24, 2.45) is 0 Å². The molecule has 4 aromatic rings. The molecule has 1 amide bonds. The molecule has 1 fully saturated rings. The molecule has 0 unspecified atom stereocenters. The number of nitrogens with two attached hydrogens (primary N) is 1. The van der Waals surface area contributed by atoms with Gasteiger partial charge in [-0.3, -0.25) is 9.69 Å². The molecule has 0 spiro atoms. The van der Waals surface area contributed by atoms with Gasteiger partial charge in [-0.05, 0) is 73.2 Å². The van der Waals surface area contributed by atoms with Crippen molar-refractivity contribution in [3.8, 4) is 16.8 Å². The number of benzene rings is 3. The molecule has 5 rings (SSSR count). The Kier molecular flexibility index (Phi) is 5.52. The summed E-state index contributed by atoms with van der Waals surface area (Å²) in [5.74, 6) is -0.441. The van der Waals surface area contributed by atoms with Gasteiger partial charge in [-0.1, -0.05) is 28.1 Å². The van der Waals surface area contributed by atoms with Gasteiger partial charge in [0, 0.05) is 45.1 Å². The normalized spacial score (nSPS) is 18.2. The average Bonchev–Trinajstić information content (AvgIpc) is 3.37. The number of carbonyl (C=O) groups is 1. The molecule has 0 radical (unpaired) electrons. The van der Waals surface area contributed by atoms with Crippen LogP contribution in [-0.2, 0) is 9.53 Å². The lowest BCUT2D eigenvalue weighted by atomic mass is 10.0. The second kappa shape index (κ2) is 8.50. The average molecular weight is 506 g/mol. The lowest BCUT2D eigenvalue weighted by Gasteiger charge is -2.24. The summed E-state index contributed by atoms with van der Waals surface area (Å²) in [7, 11) is 0. The molecule has 2 N–H and O–H groups in total. The van der Waals surface area contributed by atoms with Crippen LogP contribution in [0.5, 0.6) is 0 Å². The maximum atomic E-state index is 13.6. The molecule has 166 valence electrons. The third kappa shape index (κ3) is 4.05. The van der Waals surface area contributed by atoms with E-state index in [1.54, 1.807) is 36.1 Å². The molecule has 7 heteroatoms. The minimum atomic E-state index is -0.645. The number of hydrogen-bond acceptors (Lipinski definition) is 3. The van der Waals surface area contributed by atoms with Gasteiger partial charge in [-0.25, -0.2) is 4.39 Å². The van der Waals surface area contributed by atoms with E-state index in [1.807, 2.05) is 53.4 Å². The monoisotopic (exact) mass is 505 g/mol. The van der Waals surface area contributed by atoms with Gasteiger partial charge in [0.15, 0.2) is 6.23 Å². The van der Waals surface area contributed by atoms with Crippen LogP contribution in [0.15, 0.2) is 89.7 Å². The Hall–Kier alpha value is -3.42. The Morgan fingerprint density at radius 2 is 1.55 bits per heavy atom. The van der Waals surface area contributed by atoms with Gasteiger partial charge in [0.2, 0.25) is 0 Å². The number of ether oxygens (including phenoxy) is 1. The molecule has 1 aliphatic heterocycles. The SMILES string of the molecule is C[C@H]1O[C@H](c2cn(-c3ccc(Br)cc3)cc2-c2ccc(F)cc2)N(c2ccc(N)cc2)C1=O. The highest BCUT2D eigenvalue weighted by Crippen LogP contribution is 2.41. The highest BCUT2D eigenvalue weighted by Gasteiger charge is 2.41. The van der Waals surface area contributed by atoms with Crippen LogP contribution < -0.4 is 10.6 Å². The molecule has 0 saturated carbocycles. The molecule has 0 aliphatic carbocycles. The minimum Gasteiger partial charge on any atom is -0.399 e. The summed E-state index contributed by atoms with van der Waals surface area (Å²) in [6.45, 7) is 1.75. The zero-order valence-electron chi connectivity index (χ0n) is 17.8. The summed E-state index contributed by atoms with van der Waals surface area (Å²) in [5, 5.41) is 0. The third-order valence-corrected chi connectivity index (χ3v) is 6.26. The number of aromatic nitrogens is 1. The molecular formula is C26H21BrFN3O2. The largest absolute Gasteiger partial charge is 0.399 e. The van der Waals surface area contributed by atoms with Crippen molar-refractivity contribution < 1.29 is 13.9 Å². The van der Waals surface area contributed by atoms with Crippen molar-refractivity contribution in [1.29, 1.82) is 0 Å². The highest BCUT2D eigenvalue weighted by atomic mass is 79.9. The number of carbonyl (C=O) groups excluding carboxylic acids is 1. The van der Waals surface area contributed by atoms with Gasteiger partial charge in [0.25, 0.3) is 5.91 Å². The summed E-state index contributed by atoms with van der Waals surface area (Å²) >= 11 is 3.47. The first kappa shape index (κ1) is 21.4. The number of anilines is 2. The van der Waals surface area contributed by atoms with Crippen LogP contribution in [0.3, 0.4) is 0 Å². The molecule has 0 bridgehead atoms. The smallest absolute Gasteiger partial charge is 0.258 e. The number of nitrogens with zero attached hydrogens (tertiary/aromatic N) is 2. The summed E-state index contributed by atoms with van der Waals surface area (Å²) < 4.78 is 22.8. The van der Waals surface area contributed by atoms with Gasteiger partial charge in [-0.2, -0.15) is 0 Å². The Bertz CT molecular complexity index is 1300. The zero-order valence-corrected chi connectivity index (χ0v) is 19.4. The number of nitrogen functional groups attached to an aromatic ring is 1. The first-order chi connectivity index (χ1) is 15.9. The molecule has 1 aromatic heterocycles. The number of halogens is 2. The molecule has 3 aromatic carbocycles. The molecular weight excluding hydrogens is 485 g/mol. The van der Waals surface area contributed by atoms with Crippen LogP contribution in [0.2, 0.25) is 0 Å². The third-order valence-electron chi connectivity index (χ3n) is 5.73. The molecule has 1 aliphatic rings. The van der Waals surface area contributed by atoms with Crippen molar-refractivity contribution in [3.05, 3.63) is 101 Å². The van der Waals surface area contributed by atoms with Crippen molar-refractivity contribution >= 4 is 33.2 Å². The minimum absolute atomic E-state index is 0.133. The van der Waals surface area contributed by atoms with Crippen LogP contribution in [0.25, 0.3) is 16.8 Å². The predicted molar refractivity (Wildman–Crippen MR) is 130 cm³/mol. The fourth-order valence-corrected chi connectivity index (χ4v) is 4.30. The standard InChI is InChI=1S/C26H21BrFN3O2/c1-16-25(32)31(22-12-8-20(29)9-13-22)26(33-16)24-15-30(21-10-4-18(27)5-11-21)14-23(24)17-2-6-19(28)7-3-17/h2-16,26H,29H2,1H3/t16-,26-/m1/s1. The van der Waals surface area contributed by atoms with E-state index in [4.69, 9.17) is 10.5 Å². The van der Waals surface area contributed by atoms with Crippen LogP contribution >= 0.6 is 15.9 Å². The molecule has 33 heavy (non-hydrogen) atoms. The zero-order chi connectivity index (χ0) is 23.1. The van der Waals surface area contributed by atoms with Gasteiger partial charge >= 0.3 is 0 Å². The van der Waals surface area contributed by atoms with Crippen LogP contribution in [-0.4, -0.2) is 16.6 Å². The van der Waals surface area contributed by atoms with Crippen molar-refractivity contribution in [3.63, 3.8) is 0 Å². The lowest BCUT2D eigenvalue weighted by Crippen LogP contribution is -2.30. The summed E-state index contributed by atoms with van der Waals surface area (Å²) in [4.78, 5) is 14.7. The van der Waals surface area contributed by atoms with Crippen LogP contribution in [0.4, 0.5) is 15.8 Å². The Morgan fingerprint density at radius 3 is 2.21 bits per heavy atom. The quantitative estimate of drug-likeness (QED) is 0.342. The number of hydrogen-bond donors (Lipinski definition) is 1. The van der Waals surface area contributed by atoms with E-state index < -0.39 is 12.3 Å². The number of rotatable bonds is 4. The fourth-order valence-electron chi connectivity index (χ4n) is 4.03. The maximum absolute atomic E-state index is 13.6. The Labute approximate surface area is 199 Å². The number of amides is 1. The fraction of sp³-hybridized carbons (Fsp3) is 0.115. The van der Waals surface area contributed by atoms with E-state index in [-0.39, 0.29) is 11.7 Å². The van der Waals surface area contributed by atoms with Crippen molar-refractivity contribution in [2.75, 3.05) is 10.6 Å². The van der Waals surface area contributed by atoms with E-state index >= 15 is 0 Å². The lowest BCUT2D eigenvalue weighted by molar-refractivity contribution is -0.121. The first-order valence-corrected chi connectivity index (χ1v) is 11.3. The molecule has 5 nitrogen and oxygen atoms in total. The van der Waals surface area contributed by atoms with Crippen LogP contribution in [0.1, 0.15) is 18.7 Å². The second-order valence-electron chi connectivity index (χ2n) is 7.95. The summed E-state index contributed by atoms with van der Waals surface area (Å²) in [5.41, 5.74) is 10.6. The van der Waals surface area contributed by atoms with Crippen molar-refractivity contribution in [2.45, 2.75) is 19.3 Å². The van der Waals surface area contributed by atoms with Gasteiger partial charge < -0.3 is 15.0 Å². The topological polar surface area (TPSA) is 60.5 Å². The van der Waals surface area contributed by atoms with Gasteiger partial charge in [0.05, 0.1) is 0 Å². The molecule has 2 heterocycles. The summed E-state index contributed by atoms with van der Waals surface area (Å²) in [6, 6.07) is 21.4. The van der Waals surface area contributed by atoms with Gasteiger partial charge in [-0.15, -0.1) is 0 Å². The van der Waals surface area contributed by atoms with Crippen molar-refractivity contribution in [1.82, 2.24) is 4.57 Å². The Morgan fingerprint density at radius 1 is 0.909 bits per heavy atom. The first-order valence-electron chi connectivity index (χ1n) is 10.5. The van der Waals surface area contributed by atoms with E-state index in [9.17, 15) is 9.18 Å². The summed E-state index contributed by atoms with van der Waals surface area (Å²) in [6.07, 6.45) is 2.68. The van der Waals surface area contributed by atoms with E-state index in [0.29, 0.717) is 11.4 Å². The van der Waals surface area contributed by atoms with Crippen LogP contribution in [0, 0.1) is 5.82 Å². The highest BCUT2D eigenvalue weighted by molar-refractivity contribution is 9.10. The molecule has 2 atom stereocenters. The predicted octanol–water partition coefficient (Wildman–Crippen LogP) is 6.08. The Balaban J connectivity index is 1.66. The van der Waals surface area contributed by atoms with E-state index in [1.165, 1.54) is 12.1 Å². The van der Waals surface area contributed by atoms with E-state index in [0.717, 1.165) is 26.9 Å². The van der Waals surface area contributed by atoms with Gasteiger partial charge in [0.1, 0.15) is 11.9 Å². The molecule has 1 saturated heterocycles. The van der Waals surface area contributed by atoms with E-state index in [2.05, 4.69) is 15.9 Å². The maximum Gasteiger partial charge on any atom is 0.258 e.